The summed E-state index contributed by atoms with van der Waals surface area (Å²) in [6.45, 7) is 0. The van der Waals surface area contributed by atoms with Gasteiger partial charge >= 0.3 is 0 Å². The number of hydrogen-bond acceptors (Lipinski definition) is 4. The molecule has 0 saturated heterocycles. The van der Waals surface area contributed by atoms with Crippen molar-refractivity contribution in [2.24, 2.45) is 0 Å². The molecule has 0 atom stereocenters. The highest BCUT2D eigenvalue weighted by Gasteiger charge is 2.51. The second kappa shape index (κ2) is 15.7. The molecule has 0 fully saturated rings. The molecular formula is C58H41N3SSi2. The van der Waals surface area contributed by atoms with Gasteiger partial charge in [0.2, 0.25) is 0 Å². The maximum atomic E-state index is 5.66. The van der Waals surface area contributed by atoms with Gasteiger partial charge in [0.15, 0.2) is 16.1 Å². The number of rotatable bonds is 8. The van der Waals surface area contributed by atoms with Crippen molar-refractivity contribution in [3.8, 4) is 11.3 Å². The summed E-state index contributed by atoms with van der Waals surface area (Å²) in [5.74, 6) is 0.998. The minimum Gasteiger partial charge on any atom is -0.295 e. The molecule has 6 heteroatoms. The lowest BCUT2D eigenvalue weighted by Crippen LogP contribution is -2.77. The number of fused-ring (bicyclic) bond motifs is 6. The molecule has 3 aromatic heterocycles. The first-order valence-electron chi connectivity index (χ1n) is 21.8. The summed E-state index contributed by atoms with van der Waals surface area (Å²) in [5.41, 5.74) is 4.33. The first-order chi connectivity index (χ1) is 31.8. The Morgan fingerprint density at radius 1 is 0.453 bits per heavy atom. The Labute approximate surface area is 379 Å². The van der Waals surface area contributed by atoms with Gasteiger partial charge in [0.05, 0.1) is 5.69 Å². The monoisotopic (exact) mass is 867 g/mol. The van der Waals surface area contributed by atoms with Crippen LogP contribution in [0.4, 0.5) is 17.2 Å². The molecule has 1 aliphatic heterocycles. The first kappa shape index (κ1) is 38.2. The van der Waals surface area contributed by atoms with Gasteiger partial charge < -0.3 is 0 Å². The molecule has 0 aliphatic carbocycles. The van der Waals surface area contributed by atoms with Crippen LogP contribution in [-0.2, 0) is 0 Å². The highest BCUT2D eigenvalue weighted by Crippen LogP contribution is 2.42. The maximum absolute atomic E-state index is 5.66. The molecule has 0 amide bonds. The van der Waals surface area contributed by atoms with Gasteiger partial charge in [-0.2, -0.15) is 0 Å². The first-order valence-corrected chi connectivity index (χ1v) is 26.6. The summed E-state index contributed by atoms with van der Waals surface area (Å²) in [6.07, 6.45) is 4.02. The lowest BCUT2D eigenvalue weighted by molar-refractivity contribution is 1.20. The normalized spacial score (nSPS) is 13.1. The number of nitrogens with zero attached hydrogens (tertiary/aromatic N) is 3. The minimum absolute atomic E-state index is 0.965. The van der Waals surface area contributed by atoms with Crippen molar-refractivity contribution in [3.63, 3.8) is 0 Å². The summed E-state index contributed by atoms with van der Waals surface area (Å²) in [5, 5.41) is 13.1. The van der Waals surface area contributed by atoms with E-state index in [4.69, 9.17) is 9.97 Å². The van der Waals surface area contributed by atoms with Gasteiger partial charge in [-0.15, -0.1) is 11.3 Å². The SMILES string of the molecule is c1ccc([Si](c2ccccc2)(c2cccc(-c3ccccn3)c2)c2cccc(N3c4ccccc4[Si](c4ccccc4)(c4ccccc4)c4c3ncc3c4sc4ccccc43)c2)cc1. The number of pyridine rings is 2. The maximum Gasteiger partial charge on any atom is 0.188 e. The topological polar surface area (TPSA) is 29.0 Å². The Bertz CT molecular complexity index is 3370. The number of aromatic nitrogens is 2. The molecule has 0 spiro atoms. The molecule has 4 heterocycles. The van der Waals surface area contributed by atoms with Gasteiger partial charge in [0.1, 0.15) is 5.82 Å². The highest BCUT2D eigenvalue weighted by atomic mass is 32.1. The number of benzene rings is 8. The zero-order chi connectivity index (χ0) is 42.5. The molecule has 3 nitrogen and oxygen atoms in total. The molecule has 64 heavy (non-hydrogen) atoms. The second-order valence-electron chi connectivity index (χ2n) is 16.5. The molecule has 0 saturated carbocycles. The predicted molar refractivity (Wildman–Crippen MR) is 276 cm³/mol. The van der Waals surface area contributed by atoms with E-state index in [1.54, 1.807) is 0 Å². The van der Waals surface area contributed by atoms with Crippen molar-refractivity contribution >= 4 is 106 Å². The van der Waals surface area contributed by atoms with Crippen molar-refractivity contribution in [3.05, 3.63) is 249 Å². The van der Waals surface area contributed by atoms with Gasteiger partial charge in [-0.1, -0.05) is 200 Å². The third-order valence-electron chi connectivity index (χ3n) is 13.2. The zero-order valence-corrected chi connectivity index (χ0v) is 37.7. The highest BCUT2D eigenvalue weighted by molar-refractivity contribution is 7.31. The summed E-state index contributed by atoms with van der Waals surface area (Å²) in [7, 11) is -6.02. The summed E-state index contributed by atoms with van der Waals surface area (Å²) >= 11 is 1.91. The molecule has 11 aromatic rings. The van der Waals surface area contributed by atoms with E-state index in [1.165, 1.54) is 67.4 Å². The quantitative estimate of drug-likeness (QED) is 0.113. The Hall–Kier alpha value is -7.49. The number of para-hydroxylation sites is 1. The van der Waals surface area contributed by atoms with Crippen LogP contribution in [0.3, 0.4) is 0 Å². The molecule has 0 N–H and O–H groups in total. The van der Waals surface area contributed by atoms with Gasteiger partial charge in [0, 0.05) is 54.7 Å². The smallest absolute Gasteiger partial charge is 0.188 e. The van der Waals surface area contributed by atoms with Crippen LogP contribution in [0.5, 0.6) is 0 Å². The van der Waals surface area contributed by atoms with Crippen molar-refractivity contribution in [1.82, 2.24) is 9.97 Å². The lowest BCUT2D eigenvalue weighted by atomic mass is 10.1. The molecule has 12 rings (SSSR count). The summed E-state index contributed by atoms with van der Waals surface area (Å²) in [6, 6.07) is 87.7. The number of anilines is 3. The van der Waals surface area contributed by atoms with E-state index in [2.05, 4.69) is 242 Å². The number of hydrogen-bond donors (Lipinski definition) is 0. The van der Waals surface area contributed by atoms with Crippen molar-refractivity contribution in [1.29, 1.82) is 0 Å². The van der Waals surface area contributed by atoms with E-state index in [0.29, 0.717) is 0 Å². The van der Waals surface area contributed by atoms with E-state index < -0.39 is 16.1 Å². The average molecular weight is 868 g/mol. The van der Waals surface area contributed by atoms with Crippen LogP contribution in [0, 0.1) is 0 Å². The van der Waals surface area contributed by atoms with Crippen molar-refractivity contribution in [2.45, 2.75) is 0 Å². The standard InChI is InChI=1S/C58H41N3SSi2/c1-5-23-44(24-6-1)63(45-25-7-2-8-26-45,48-31-19-21-42(39-48)52-34-17-18-38-59-52)49-32-20-22-43(40-49)61-53-35-14-16-37-55(53)64(46-27-9-3-10-28-46,47-29-11-4-12-30-47)57-56-51(41-60-58(57)61)50-33-13-15-36-54(50)62-56/h1-41H. The van der Waals surface area contributed by atoms with Gasteiger partial charge in [-0.3, -0.25) is 9.88 Å². The molecule has 302 valence electrons. The molecule has 0 unspecified atom stereocenters. The Balaban J connectivity index is 1.18. The second-order valence-corrected chi connectivity index (χ2v) is 25.0. The van der Waals surface area contributed by atoms with E-state index in [1.807, 2.05) is 23.6 Å². The van der Waals surface area contributed by atoms with Crippen LogP contribution < -0.4 is 46.4 Å². The predicted octanol–water partition coefficient (Wildman–Crippen LogP) is 9.05. The van der Waals surface area contributed by atoms with E-state index >= 15 is 0 Å². The van der Waals surface area contributed by atoms with Crippen LogP contribution in [-0.4, -0.2) is 26.1 Å². The molecule has 0 radical (unpaired) electrons. The fourth-order valence-electron chi connectivity index (χ4n) is 10.5. The third kappa shape index (κ3) is 5.84. The molecule has 8 aromatic carbocycles. The van der Waals surface area contributed by atoms with Gasteiger partial charge in [-0.05, 0) is 72.7 Å². The summed E-state index contributed by atoms with van der Waals surface area (Å²) in [4.78, 5) is 12.9. The number of thiophene rings is 1. The average Bonchev–Trinajstić information content (AvgIpc) is 3.76. The molecular weight excluding hydrogens is 827 g/mol. The fourth-order valence-corrected chi connectivity index (χ4v) is 22.2. The van der Waals surface area contributed by atoms with Crippen molar-refractivity contribution in [2.75, 3.05) is 4.90 Å². The van der Waals surface area contributed by atoms with Crippen LogP contribution >= 0.6 is 11.3 Å². The Morgan fingerprint density at radius 2 is 1.03 bits per heavy atom. The largest absolute Gasteiger partial charge is 0.295 e. The molecule has 0 bridgehead atoms. The van der Waals surface area contributed by atoms with Crippen LogP contribution in [0.2, 0.25) is 0 Å². The van der Waals surface area contributed by atoms with Crippen LogP contribution in [0.1, 0.15) is 0 Å². The van der Waals surface area contributed by atoms with Gasteiger partial charge in [0.25, 0.3) is 0 Å². The van der Waals surface area contributed by atoms with Crippen molar-refractivity contribution < 1.29 is 0 Å². The Morgan fingerprint density at radius 3 is 1.72 bits per heavy atom. The lowest BCUT2D eigenvalue weighted by Gasteiger charge is -2.44. The van der Waals surface area contributed by atoms with E-state index in [-0.39, 0.29) is 0 Å². The Kier molecular flexibility index (Phi) is 9.37. The zero-order valence-electron chi connectivity index (χ0n) is 34.9. The summed E-state index contributed by atoms with van der Waals surface area (Å²) < 4.78 is 2.59. The van der Waals surface area contributed by atoms with E-state index in [9.17, 15) is 0 Å². The minimum atomic E-state index is -3.02. The fraction of sp³-hybridized carbons (Fsp3) is 0. The van der Waals surface area contributed by atoms with E-state index in [0.717, 1.165) is 22.8 Å². The van der Waals surface area contributed by atoms with Crippen LogP contribution in [0.15, 0.2) is 249 Å². The van der Waals surface area contributed by atoms with Gasteiger partial charge in [-0.25, -0.2) is 4.98 Å². The van der Waals surface area contributed by atoms with Crippen LogP contribution in [0.25, 0.3) is 31.4 Å². The molecule has 1 aliphatic rings. The third-order valence-corrected chi connectivity index (χ3v) is 24.1.